The normalized spacial score (nSPS) is 16.0. The molecule has 1 aliphatic carbocycles. The monoisotopic (exact) mass is 366 g/mol. The topological polar surface area (TPSA) is 34.1 Å². The minimum absolute atomic E-state index is 0.164. The molecule has 3 nitrogen and oxygen atoms in total. The Labute approximate surface area is 137 Å². The minimum Gasteiger partial charge on any atom is -0.496 e. The first-order chi connectivity index (χ1) is 10.1. The fourth-order valence-electron chi connectivity index (χ4n) is 2.28. The van der Waals surface area contributed by atoms with Crippen LogP contribution in [-0.2, 0) is 0 Å². The van der Waals surface area contributed by atoms with E-state index in [9.17, 15) is 0 Å². The molecule has 0 bridgehead atoms. The Balaban J connectivity index is 1.96. The second kappa shape index (κ2) is 6.07. The second-order valence-electron chi connectivity index (χ2n) is 5.46. The number of nitrogens with zero attached hydrogens (tertiary/aromatic N) is 1. The zero-order valence-corrected chi connectivity index (χ0v) is 14.8. The average molecular weight is 367 g/mol. The van der Waals surface area contributed by atoms with Gasteiger partial charge in [-0.2, -0.15) is 0 Å². The Morgan fingerprint density at radius 2 is 2.14 bits per heavy atom. The van der Waals surface area contributed by atoms with Crippen LogP contribution in [0.5, 0.6) is 5.75 Å². The lowest BCUT2D eigenvalue weighted by molar-refractivity contribution is 0.411. The molecule has 0 radical (unpaired) electrons. The maximum absolute atomic E-state index is 5.32. The third-order valence-electron chi connectivity index (χ3n) is 3.78. The highest BCUT2D eigenvalue weighted by atomic mass is 79.9. The van der Waals surface area contributed by atoms with Gasteiger partial charge in [-0.3, -0.25) is 0 Å². The molecule has 1 aliphatic rings. The molecule has 3 rings (SSSR count). The second-order valence-corrected chi connectivity index (χ2v) is 7.55. The van der Waals surface area contributed by atoms with Crippen molar-refractivity contribution in [1.29, 1.82) is 0 Å². The molecular formula is C16H19BrN2OS. The van der Waals surface area contributed by atoms with E-state index in [-0.39, 0.29) is 6.04 Å². The number of methoxy groups -OCH3 is 1. The molecule has 1 aromatic heterocycles. The van der Waals surface area contributed by atoms with Crippen LogP contribution >= 0.6 is 27.3 Å². The summed E-state index contributed by atoms with van der Waals surface area (Å²) in [4.78, 5) is 6.04. The molecule has 1 N–H and O–H groups in total. The number of nitrogens with one attached hydrogen (secondary N) is 1. The summed E-state index contributed by atoms with van der Waals surface area (Å²) in [7, 11) is 1.69. The summed E-state index contributed by atoms with van der Waals surface area (Å²) in [6, 6.07) is 7.05. The molecule has 5 heteroatoms. The summed E-state index contributed by atoms with van der Waals surface area (Å²) < 4.78 is 6.30. The third kappa shape index (κ3) is 3.30. The lowest BCUT2D eigenvalue weighted by Crippen LogP contribution is -2.24. The standard InChI is InChI=1S/C16H19BrN2OS/c1-9-10(2)21-16(18-9)15(19-12-5-6-12)11-4-7-14(20-3)13(17)8-11/h4,7-8,12,15,19H,5-6H2,1-3H3. The van der Waals surface area contributed by atoms with Crippen molar-refractivity contribution in [2.45, 2.75) is 38.8 Å². The number of hydrogen-bond donors (Lipinski definition) is 1. The molecule has 1 fully saturated rings. The first-order valence-corrected chi connectivity index (χ1v) is 8.73. The van der Waals surface area contributed by atoms with Gasteiger partial charge in [0.25, 0.3) is 0 Å². The van der Waals surface area contributed by atoms with Gasteiger partial charge in [-0.1, -0.05) is 6.07 Å². The van der Waals surface area contributed by atoms with Crippen molar-refractivity contribution < 1.29 is 4.74 Å². The number of thiazole rings is 1. The molecule has 0 amide bonds. The van der Waals surface area contributed by atoms with Gasteiger partial charge < -0.3 is 10.1 Å². The van der Waals surface area contributed by atoms with Crippen molar-refractivity contribution in [2.24, 2.45) is 0 Å². The zero-order chi connectivity index (χ0) is 15.0. The van der Waals surface area contributed by atoms with E-state index in [1.165, 1.54) is 23.3 Å². The van der Waals surface area contributed by atoms with Crippen molar-refractivity contribution in [1.82, 2.24) is 10.3 Å². The molecule has 21 heavy (non-hydrogen) atoms. The number of halogens is 1. The summed E-state index contributed by atoms with van der Waals surface area (Å²) in [5, 5.41) is 4.86. The van der Waals surface area contributed by atoms with E-state index in [0.29, 0.717) is 6.04 Å². The van der Waals surface area contributed by atoms with Crippen molar-refractivity contribution >= 4 is 27.3 Å². The lowest BCUT2D eigenvalue weighted by Gasteiger charge is -2.18. The van der Waals surface area contributed by atoms with E-state index >= 15 is 0 Å². The molecule has 1 saturated carbocycles. The number of aromatic nitrogens is 1. The fraction of sp³-hybridized carbons (Fsp3) is 0.438. The highest BCUT2D eigenvalue weighted by Crippen LogP contribution is 2.35. The molecule has 0 saturated heterocycles. The van der Waals surface area contributed by atoms with E-state index in [1.807, 2.05) is 6.07 Å². The van der Waals surface area contributed by atoms with Crippen LogP contribution in [0, 0.1) is 13.8 Å². The van der Waals surface area contributed by atoms with Crippen LogP contribution in [0.3, 0.4) is 0 Å². The van der Waals surface area contributed by atoms with Crippen LogP contribution in [-0.4, -0.2) is 18.1 Å². The first kappa shape index (κ1) is 15.0. The predicted molar refractivity (Wildman–Crippen MR) is 90.3 cm³/mol. The molecule has 2 aromatic rings. The third-order valence-corrected chi connectivity index (χ3v) is 5.54. The SMILES string of the molecule is COc1ccc(C(NC2CC2)c2nc(C)c(C)s2)cc1Br. The number of benzene rings is 1. The first-order valence-electron chi connectivity index (χ1n) is 7.12. The number of rotatable bonds is 5. The highest BCUT2D eigenvalue weighted by molar-refractivity contribution is 9.10. The molecule has 112 valence electrons. The summed E-state index contributed by atoms with van der Waals surface area (Å²) in [5.74, 6) is 0.857. The molecule has 1 heterocycles. The molecule has 1 aromatic carbocycles. The molecule has 0 aliphatic heterocycles. The number of hydrogen-bond acceptors (Lipinski definition) is 4. The van der Waals surface area contributed by atoms with Crippen LogP contribution in [0.2, 0.25) is 0 Å². The van der Waals surface area contributed by atoms with Gasteiger partial charge in [-0.15, -0.1) is 11.3 Å². The Hall–Kier alpha value is -0.910. The van der Waals surface area contributed by atoms with Crippen molar-refractivity contribution in [3.63, 3.8) is 0 Å². The fourth-order valence-corrected chi connectivity index (χ4v) is 3.85. The van der Waals surface area contributed by atoms with Gasteiger partial charge >= 0.3 is 0 Å². The maximum Gasteiger partial charge on any atom is 0.133 e. The average Bonchev–Trinajstić information content (AvgIpc) is 3.22. The summed E-state index contributed by atoms with van der Waals surface area (Å²) >= 11 is 5.36. The Morgan fingerprint density at radius 3 is 2.67 bits per heavy atom. The van der Waals surface area contributed by atoms with Crippen LogP contribution in [0.25, 0.3) is 0 Å². The maximum atomic E-state index is 5.32. The molecule has 1 atom stereocenters. The van der Waals surface area contributed by atoms with Gasteiger partial charge in [0.1, 0.15) is 10.8 Å². The van der Waals surface area contributed by atoms with Crippen molar-refractivity contribution in [2.75, 3.05) is 7.11 Å². The molecule has 1 unspecified atom stereocenters. The molecule has 0 spiro atoms. The van der Waals surface area contributed by atoms with Crippen LogP contribution in [0.1, 0.15) is 40.0 Å². The van der Waals surface area contributed by atoms with E-state index < -0.39 is 0 Å². The van der Waals surface area contributed by atoms with E-state index in [0.717, 1.165) is 20.9 Å². The van der Waals surface area contributed by atoms with Gasteiger partial charge in [-0.25, -0.2) is 4.98 Å². The predicted octanol–water partition coefficient (Wildman–Crippen LogP) is 4.37. The van der Waals surface area contributed by atoms with Crippen molar-refractivity contribution in [3.05, 3.63) is 43.8 Å². The quantitative estimate of drug-likeness (QED) is 0.852. The Bertz CT molecular complexity index is 632. The summed E-state index contributed by atoms with van der Waals surface area (Å²) in [5.41, 5.74) is 2.36. The van der Waals surface area contributed by atoms with Crippen molar-refractivity contribution in [3.8, 4) is 5.75 Å². The Morgan fingerprint density at radius 1 is 1.38 bits per heavy atom. The number of ether oxygens (including phenoxy) is 1. The van der Waals surface area contributed by atoms with Gasteiger partial charge in [0.2, 0.25) is 0 Å². The van der Waals surface area contributed by atoms with E-state index in [1.54, 1.807) is 18.4 Å². The highest BCUT2D eigenvalue weighted by Gasteiger charge is 2.28. The van der Waals surface area contributed by atoms with Crippen LogP contribution in [0.15, 0.2) is 22.7 Å². The van der Waals surface area contributed by atoms with Gasteiger partial charge in [0, 0.05) is 10.9 Å². The minimum atomic E-state index is 0.164. The van der Waals surface area contributed by atoms with E-state index in [2.05, 4.69) is 47.2 Å². The lowest BCUT2D eigenvalue weighted by atomic mass is 10.1. The summed E-state index contributed by atoms with van der Waals surface area (Å²) in [6.45, 7) is 4.21. The van der Waals surface area contributed by atoms with Gasteiger partial charge in [0.15, 0.2) is 0 Å². The van der Waals surface area contributed by atoms with Gasteiger partial charge in [-0.05, 0) is 60.3 Å². The Kier molecular flexibility index (Phi) is 4.33. The number of aryl methyl sites for hydroxylation is 2. The van der Waals surface area contributed by atoms with E-state index in [4.69, 9.17) is 9.72 Å². The van der Waals surface area contributed by atoms with Gasteiger partial charge in [0.05, 0.1) is 23.3 Å². The summed E-state index contributed by atoms with van der Waals surface area (Å²) in [6.07, 6.45) is 2.52. The molecular weight excluding hydrogens is 348 g/mol. The van der Waals surface area contributed by atoms with Crippen LogP contribution < -0.4 is 10.1 Å². The van der Waals surface area contributed by atoms with Crippen LogP contribution in [0.4, 0.5) is 0 Å². The zero-order valence-electron chi connectivity index (χ0n) is 12.4. The largest absolute Gasteiger partial charge is 0.496 e. The smallest absolute Gasteiger partial charge is 0.133 e.